The molecule has 0 radical (unpaired) electrons. The van der Waals surface area contributed by atoms with Gasteiger partial charge in [0.1, 0.15) is 5.69 Å². The summed E-state index contributed by atoms with van der Waals surface area (Å²) in [4.78, 5) is 31.7. The Morgan fingerprint density at radius 2 is 2.03 bits per heavy atom. The zero-order chi connectivity index (χ0) is 22.6. The minimum absolute atomic E-state index is 0.0184. The Kier molecular flexibility index (Phi) is 6.49. The van der Waals surface area contributed by atoms with Crippen LogP contribution in [0.4, 0.5) is 29.7 Å². The zero-order valence-corrected chi connectivity index (χ0v) is 16.9. The molecule has 8 nitrogen and oxygen atoms in total. The van der Waals surface area contributed by atoms with E-state index >= 15 is 0 Å². The number of hydrogen-bond donors (Lipinski definition) is 2. The largest absolute Gasteiger partial charge is 0.416 e. The molecule has 0 aliphatic rings. The topological polar surface area (TPSA) is 110 Å². The Hall–Kier alpha value is -3.54. The Bertz CT molecular complexity index is 1100. The summed E-state index contributed by atoms with van der Waals surface area (Å²) in [5, 5.41) is 16.8. The van der Waals surface area contributed by atoms with Gasteiger partial charge in [0.2, 0.25) is 5.91 Å². The number of hydrogen-bond acceptors (Lipinski definition) is 7. The summed E-state index contributed by atoms with van der Waals surface area (Å²) in [6.07, 6.45) is -3.11. The van der Waals surface area contributed by atoms with Gasteiger partial charge in [-0.25, -0.2) is 4.98 Å². The van der Waals surface area contributed by atoms with Crippen molar-refractivity contribution in [3.05, 3.63) is 64.0 Å². The molecule has 3 rings (SSSR count). The molecule has 0 saturated heterocycles. The molecule has 12 heteroatoms. The van der Waals surface area contributed by atoms with E-state index in [2.05, 4.69) is 20.6 Å². The van der Waals surface area contributed by atoms with E-state index in [0.29, 0.717) is 16.9 Å². The number of rotatable bonds is 7. The molecule has 0 atom stereocenters. The number of pyridine rings is 1. The molecule has 1 aromatic carbocycles. The number of amides is 1. The standard InChI is InChI=1S/C19H16F3N5O3S/c1-11-17(14-4-2-3-8-23-14)31-18(25-11)26-16(28)7-9-24-13-6-5-12(19(20,21)22)10-15(13)27(29)30/h2-6,8,10,24H,7,9H2,1H3,(H,25,26,28). The van der Waals surface area contributed by atoms with Crippen molar-refractivity contribution in [1.29, 1.82) is 0 Å². The van der Waals surface area contributed by atoms with Gasteiger partial charge in [-0.2, -0.15) is 13.2 Å². The Morgan fingerprint density at radius 1 is 1.26 bits per heavy atom. The van der Waals surface area contributed by atoms with Gasteiger partial charge in [-0.05, 0) is 31.2 Å². The van der Waals surface area contributed by atoms with Crippen molar-refractivity contribution in [3.8, 4) is 10.6 Å². The second-order valence-corrected chi connectivity index (χ2v) is 7.36. The number of benzene rings is 1. The smallest absolute Gasteiger partial charge is 0.379 e. The number of nitro benzene ring substituents is 1. The molecule has 0 saturated carbocycles. The maximum atomic E-state index is 12.8. The number of thiazole rings is 1. The van der Waals surface area contributed by atoms with Gasteiger partial charge in [0, 0.05) is 25.2 Å². The lowest BCUT2D eigenvalue weighted by Crippen LogP contribution is -2.16. The summed E-state index contributed by atoms with van der Waals surface area (Å²) in [6.45, 7) is 1.77. The number of aryl methyl sites for hydroxylation is 1. The summed E-state index contributed by atoms with van der Waals surface area (Å²) >= 11 is 1.26. The van der Waals surface area contributed by atoms with Crippen molar-refractivity contribution in [2.24, 2.45) is 0 Å². The first-order chi connectivity index (χ1) is 14.6. The van der Waals surface area contributed by atoms with Gasteiger partial charge in [0.05, 0.1) is 26.8 Å². The molecular weight excluding hydrogens is 435 g/mol. The van der Waals surface area contributed by atoms with E-state index in [1.54, 1.807) is 19.2 Å². The van der Waals surface area contributed by atoms with Gasteiger partial charge in [-0.3, -0.25) is 19.9 Å². The van der Waals surface area contributed by atoms with Gasteiger partial charge in [-0.15, -0.1) is 0 Å². The fourth-order valence-corrected chi connectivity index (χ4v) is 3.65. The molecule has 1 amide bonds. The fraction of sp³-hybridized carbons (Fsp3) is 0.211. The van der Waals surface area contributed by atoms with Crippen molar-refractivity contribution in [3.63, 3.8) is 0 Å². The maximum absolute atomic E-state index is 12.8. The highest BCUT2D eigenvalue weighted by atomic mass is 32.1. The maximum Gasteiger partial charge on any atom is 0.416 e. The molecule has 0 fully saturated rings. The highest BCUT2D eigenvalue weighted by molar-refractivity contribution is 7.19. The molecule has 0 aliphatic carbocycles. The summed E-state index contributed by atoms with van der Waals surface area (Å²) in [5.41, 5.74) is -0.503. The molecule has 3 aromatic rings. The van der Waals surface area contributed by atoms with E-state index in [4.69, 9.17) is 0 Å². The van der Waals surface area contributed by atoms with Gasteiger partial charge < -0.3 is 10.6 Å². The number of anilines is 2. The van der Waals surface area contributed by atoms with Crippen LogP contribution in [-0.4, -0.2) is 27.3 Å². The summed E-state index contributed by atoms with van der Waals surface area (Å²) in [5.74, 6) is -0.400. The first kappa shape index (κ1) is 22.2. The summed E-state index contributed by atoms with van der Waals surface area (Å²) < 4.78 is 38.3. The molecular formula is C19H16F3N5O3S. The lowest BCUT2D eigenvalue weighted by Gasteiger charge is -2.10. The zero-order valence-electron chi connectivity index (χ0n) is 16.1. The summed E-state index contributed by atoms with van der Waals surface area (Å²) in [6, 6.07) is 7.63. The number of nitrogens with one attached hydrogen (secondary N) is 2. The molecule has 0 unspecified atom stereocenters. The van der Waals surface area contributed by atoms with Crippen LogP contribution in [0.1, 0.15) is 17.7 Å². The molecule has 2 N–H and O–H groups in total. The Morgan fingerprint density at radius 3 is 2.68 bits per heavy atom. The van der Waals surface area contributed by atoms with Crippen molar-refractivity contribution in [2.45, 2.75) is 19.5 Å². The number of alkyl halides is 3. The second kappa shape index (κ2) is 9.08. The molecule has 2 heterocycles. The van der Waals surface area contributed by atoms with Crippen LogP contribution >= 0.6 is 11.3 Å². The Balaban J connectivity index is 1.60. The predicted octanol–water partition coefficient (Wildman–Crippen LogP) is 4.88. The third kappa shape index (κ3) is 5.54. The minimum atomic E-state index is -4.69. The molecule has 162 valence electrons. The van der Waals surface area contributed by atoms with Crippen LogP contribution in [0.2, 0.25) is 0 Å². The number of aromatic nitrogens is 2. The van der Waals surface area contributed by atoms with Crippen molar-refractivity contribution in [1.82, 2.24) is 9.97 Å². The second-order valence-electron chi connectivity index (χ2n) is 6.36. The van der Waals surface area contributed by atoms with E-state index in [-0.39, 0.29) is 18.7 Å². The van der Waals surface area contributed by atoms with E-state index in [0.717, 1.165) is 22.7 Å². The number of nitro groups is 1. The fourth-order valence-electron chi connectivity index (χ4n) is 2.69. The summed E-state index contributed by atoms with van der Waals surface area (Å²) in [7, 11) is 0. The molecule has 0 bridgehead atoms. The Labute approximate surface area is 178 Å². The SMILES string of the molecule is Cc1nc(NC(=O)CCNc2ccc(C(F)(F)F)cc2[N+](=O)[O-])sc1-c1ccccn1. The van der Waals surface area contributed by atoms with Crippen molar-refractivity contribution >= 4 is 33.8 Å². The first-order valence-corrected chi connectivity index (χ1v) is 9.75. The van der Waals surface area contributed by atoms with Gasteiger partial charge >= 0.3 is 6.18 Å². The first-order valence-electron chi connectivity index (χ1n) is 8.93. The van der Waals surface area contributed by atoms with Crippen LogP contribution in [0, 0.1) is 17.0 Å². The molecule has 0 spiro atoms. The third-order valence-corrected chi connectivity index (χ3v) is 5.23. The average Bonchev–Trinajstić information content (AvgIpc) is 3.07. The lowest BCUT2D eigenvalue weighted by atomic mass is 10.1. The van der Waals surface area contributed by atoms with E-state index in [1.165, 1.54) is 11.3 Å². The minimum Gasteiger partial charge on any atom is -0.379 e. The number of nitrogens with zero attached hydrogens (tertiary/aromatic N) is 3. The molecule has 2 aromatic heterocycles. The van der Waals surface area contributed by atoms with Crippen LogP contribution in [0.3, 0.4) is 0 Å². The van der Waals surface area contributed by atoms with Crippen molar-refractivity contribution < 1.29 is 22.9 Å². The van der Waals surface area contributed by atoms with Gasteiger partial charge in [0.25, 0.3) is 5.69 Å². The quantitative estimate of drug-likeness (QED) is 0.391. The lowest BCUT2D eigenvalue weighted by molar-refractivity contribution is -0.384. The van der Waals surface area contributed by atoms with Crippen LogP contribution in [0.25, 0.3) is 10.6 Å². The third-order valence-electron chi connectivity index (χ3n) is 4.13. The van der Waals surface area contributed by atoms with Crippen LogP contribution in [0.15, 0.2) is 42.6 Å². The van der Waals surface area contributed by atoms with Crippen LogP contribution in [-0.2, 0) is 11.0 Å². The normalized spacial score (nSPS) is 11.2. The highest BCUT2D eigenvalue weighted by Crippen LogP contribution is 2.35. The van der Waals surface area contributed by atoms with Gasteiger partial charge in [-0.1, -0.05) is 17.4 Å². The van der Waals surface area contributed by atoms with Crippen LogP contribution < -0.4 is 10.6 Å². The highest BCUT2D eigenvalue weighted by Gasteiger charge is 2.33. The number of halogens is 3. The molecule has 0 aliphatic heterocycles. The molecule has 31 heavy (non-hydrogen) atoms. The number of carbonyl (C=O) groups excluding carboxylic acids is 1. The van der Waals surface area contributed by atoms with Gasteiger partial charge in [0.15, 0.2) is 5.13 Å². The van der Waals surface area contributed by atoms with E-state index in [9.17, 15) is 28.1 Å². The van der Waals surface area contributed by atoms with Crippen LogP contribution in [0.5, 0.6) is 0 Å². The van der Waals surface area contributed by atoms with E-state index < -0.39 is 28.3 Å². The average molecular weight is 451 g/mol. The predicted molar refractivity (Wildman–Crippen MR) is 110 cm³/mol. The van der Waals surface area contributed by atoms with Crippen molar-refractivity contribution in [2.75, 3.05) is 17.2 Å². The van der Waals surface area contributed by atoms with E-state index in [1.807, 2.05) is 12.1 Å². The number of carbonyl (C=O) groups is 1. The monoisotopic (exact) mass is 451 g/mol.